The summed E-state index contributed by atoms with van der Waals surface area (Å²) in [6.45, 7) is 0.658. The predicted molar refractivity (Wildman–Crippen MR) is 68.8 cm³/mol. The summed E-state index contributed by atoms with van der Waals surface area (Å²) in [4.78, 5) is 13.5. The van der Waals surface area contributed by atoms with Crippen molar-refractivity contribution >= 4 is 21.8 Å². The normalized spacial score (nSPS) is 10.6. The molecule has 0 atom stereocenters. The van der Waals surface area contributed by atoms with Gasteiger partial charge in [-0.05, 0) is 40.2 Å². The van der Waals surface area contributed by atoms with Crippen LogP contribution in [0, 0.1) is 0 Å². The lowest BCUT2D eigenvalue weighted by atomic mass is 10.3. The Labute approximate surface area is 113 Å². The monoisotopic (exact) mass is 312 g/mol. The molecule has 1 amide bonds. The lowest BCUT2D eigenvalue weighted by molar-refractivity contribution is 0.0741. The summed E-state index contributed by atoms with van der Waals surface area (Å²) >= 11 is 3.21. The molecule has 0 saturated carbocycles. The van der Waals surface area contributed by atoms with E-state index in [4.69, 9.17) is 14.6 Å². The first kappa shape index (κ1) is 12.9. The van der Waals surface area contributed by atoms with Gasteiger partial charge in [0.05, 0.1) is 13.1 Å². The number of hydrogen-bond acceptors (Lipinski definition) is 4. The summed E-state index contributed by atoms with van der Waals surface area (Å²) < 4.78 is 11.3. The molecule has 0 radical (unpaired) electrons. The third-order valence-electron chi connectivity index (χ3n) is 2.44. The van der Waals surface area contributed by atoms with Crippen molar-refractivity contribution in [3.8, 4) is 0 Å². The maximum atomic E-state index is 12.0. The van der Waals surface area contributed by atoms with Crippen molar-refractivity contribution < 1.29 is 13.6 Å². The van der Waals surface area contributed by atoms with E-state index in [-0.39, 0.29) is 18.2 Å². The Bertz CT molecular complexity index is 547. The van der Waals surface area contributed by atoms with Crippen molar-refractivity contribution in [3.63, 3.8) is 0 Å². The standard InChI is InChI=1S/C12H13BrN2O3/c1-15(7-9-3-5-11(13)18-9)12(16)10-4-2-8(6-14)17-10/h2-5H,6-7,14H2,1H3. The number of carbonyl (C=O) groups is 1. The number of hydrogen-bond donors (Lipinski definition) is 1. The zero-order valence-electron chi connectivity index (χ0n) is 9.85. The molecule has 0 bridgehead atoms. The van der Waals surface area contributed by atoms with Gasteiger partial charge >= 0.3 is 0 Å². The summed E-state index contributed by atoms with van der Waals surface area (Å²) in [5, 5.41) is 0. The molecule has 2 heterocycles. The molecule has 0 aliphatic heterocycles. The molecule has 0 fully saturated rings. The highest BCUT2D eigenvalue weighted by molar-refractivity contribution is 9.10. The molecule has 0 saturated heterocycles. The quantitative estimate of drug-likeness (QED) is 0.940. The summed E-state index contributed by atoms with van der Waals surface area (Å²) in [5.74, 6) is 1.36. The molecular weight excluding hydrogens is 300 g/mol. The molecule has 5 nitrogen and oxygen atoms in total. The maximum absolute atomic E-state index is 12.0. The van der Waals surface area contributed by atoms with Crippen molar-refractivity contribution in [2.45, 2.75) is 13.1 Å². The number of nitrogens with two attached hydrogens (primary N) is 1. The van der Waals surface area contributed by atoms with E-state index in [2.05, 4.69) is 15.9 Å². The van der Waals surface area contributed by atoms with E-state index in [1.54, 1.807) is 31.3 Å². The van der Waals surface area contributed by atoms with Gasteiger partial charge in [0.2, 0.25) is 0 Å². The van der Waals surface area contributed by atoms with Crippen LogP contribution in [-0.2, 0) is 13.1 Å². The maximum Gasteiger partial charge on any atom is 0.289 e. The van der Waals surface area contributed by atoms with E-state index in [0.717, 1.165) is 0 Å². The minimum absolute atomic E-state index is 0.206. The van der Waals surface area contributed by atoms with E-state index in [1.165, 1.54) is 4.90 Å². The van der Waals surface area contributed by atoms with Crippen LogP contribution in [0.25, 0.3) is 0 Å². The average molecular weight is 313 g/mol. The number of furan rings is 2. The number of nitrogens with zero attached hydrogens (tertiary/aromatic N) is 1. The summed E-state index contributed by atoms with van der Waals surface area (Å²) in [5.41, 5.74) is 5.43. The van der Waals surface area contributed by atoms with Gasteiger partial charge in [0, 0.05) is 7.05 Å². The molecule has 96 valence electrons. The molecule has 6 heteroatoms. The topological polar surface area (TPSA) is 72.6 Å². The van der Waals surface area contributed by atoms with Gasteiger partial charge in [0.25, 0.3) is 5.91 Å². The first-order valence-electron chi connectivity index (χ1n) is 5.38. The van der Waals surface area contributed by atoms with E-state index >= 15 is 0 Å². The summed E-state index contributed by atoms with van der Waals surface area (Å²) in [6, 6.07) is 6.91. The van der Waals surface area contributed by atoms with E-state index in [9.17, 15) is 4.79 Å². The Balaban J connectivity index is 2.04. The highest BCUT2D eigenvalue weighted by Crippen LogP contribution is 2.16. The Kier molecular flexibility index (Phi) is 3.88. The summed E-state index contributed by atoms with van der Waals surface area (Å²) in [7, 11) is 1.68. The lowest BCUT2D eigenvalue weighted by Gasteiger charge is -2.13. The fourth-order valence-corrected chi connectivity index (χ4v) is 1.87. The second-order valence-corrected chi connectivity index (χ2v) is 4.62. The zero-order valence-corrected chi connectivity index (χ0v) is 11.4. The highest BCUT2D eigenvalue weighted by Gasteiger charge is 2.17. The fourth-order valence-electron chi connectivity index (χ4n) is 1.53. The predicted octanol–water partition coefficient (Wildman–Crippen LogP) is 2.37. The fraction of sp³-hybridized carbons (Fsp3) is 0.250. The third kappa shape index (κ3) is 2.83. The molecule has 2 aromatic heterocycles. The molecular formula is C12H13BrN2O3. The number of rotatable bonds is 4. The van der Waals surface area contributed by atoms with E-state index < -0.39 is 0 Å². The van der Waals surface area contributed by atoms with Crippen LogP contribution >= 0.6 is 15.9 Å². The Morgan fingerprint density at radius 2 is 2.00 bits per heavy atom. The lowest BCUT2D eigenvalue weighted by Crippen LogP contribution is -2.25. The van der Waals surface area contributed by atoms with Gasteiger partial charge in [-0.3, -0.25) is 4.79 Å². The smallest absolute Gasteiger partial charge is 0.289 e. The van der Waals surface area contributed by atoms with Gasteiger partial charge in [0.15, 0.2) is 10.4 Å². The van der Waals surface area contributed by atoms with E-state index in [0.29, 0.717) is 22.7 Å². The third-order valence-corrected chi connectivity index (χ3v) is 2.87. The molecule has 2 N–H and O–H groups in total. The van der Waals surface area contributed by atoms with E-state index in [1.807, 2.05) is 0 Å². The Hall–Kier alpha value is -1.53. The molecule has 2 rings (SSSR count). The molecule has 2 aromatic rings. The van der Waals surface area contributed by atoms with Crippen LogP contribution in [0.3, 0.4) is 0 Å². The first-order chi connectivity index (χ1) is 8.60. The van der Waals surface area contributed by atoms with Crippen LogP contribution in [0.1, 0.15) is 22.1 Å². The Morgan fingerprint density at radius 1 is 1.28 bits per heavy atom. The minimum Gasteiger partial charge on any atom is -0.455 e. The van der Waals surface area contributed by atoms with Crippen molar-refractivity contribution in [1.29, 1.82) is 0 Å². The van der Waals surface area contributed by atoms with Gasteiger partial charge in [-0.25, -0.2) is 0 Å². The van der Waals surface area contributed by atoms with Crippen LogP contribution < -0.4 is 5.73 Å². The van der Waals surface area contributed by atoms with Crippen LogP contribution in [0.2, 0.25) is 0 Å². The van der Waals surface area contributed by atoms with Crippen LogP contribution in [0.15, 0.2) is 37.8 Å². The first-order valence-corrected chi connectivity index (χ1v) is 6.18. The van der Waals surface area contributed by atoms with Crippen LogP contribution in [0.4, 0.5) is 0 Å². The van der Waals surface area contributed by atoms with Crippen molar-refractivity contribution in [1.82, 2.24) is 4.90 Å². The molecule has 0 spiro atoms. The van der Waals surface area contributed by atoms with Crippen LogP contribution in [0.5, 0.6) is 0 Å². The number of carbonyl (C=O) groups excluding carboxylic acids is 1. The van der Waals surface area contributed by atoms with Gasteiger partial charge in [-0.2, -0.15) is 0 Å². The van der Waals surface area contributed by atoms with Gasteiger partial charge in [0.1, 0.15) is 11.5 Å². The second-order valence-electron chi connectivity index (χ2n) is 3.84. The number of amides is 1. The van der Waals surface area contributed by atoms with Gasteiger partial charge in [-0.1, -0.05) is 0 Å². The van der Waals surface area contributed by atoms with Gasteiger partial charge < -0.3 is 19.5 Å². The van der Waals surface area contributed by atoms with Crippen molar-refractivity contribution in [3.05, 3.63) is 46.2 Å². The van der Waals surface area contributed by atoms with Crippen molar-refractivity contribution in [2.75, 3.05) is 7.05 Å². The van der Waals surface area contributed by atoms with Crippen LogP contribution in [-0.4, -0.2) is 17.9 Å². The molecule has 0 unspecified atom stereocenters. The zero-order chi connectivity index (χ0) is 13.1. The molecule has 0 aliphatic carbocycles. The largest absolute Gasteiger partial charge is 0.455 e. The summed E-state index contributed by atoms with van der Waals surface area (Å²) in [6.07, 6.45) is 0. The second kappa shape index (κ2) is 5.41. The molecule has 18 heavy (non-hydrogen) atoms. The highest BCUT2D eigenvalue weighted by atomic mass is 79.9. The SMILES string of the molecule is CN(Cc1ccc(Br)o1)C(=O)c1ccc(CN)o1. The number of halogens is 1. The molecule has 0 aliphatic rings. The average Bonchev–Trinajstić information content (AvgIpc) is 2.97. The molecule has 0 aromatic carbocycles. The Morgan fingerprint density at radius 3 is 2.56 bits per heavy atom. The van der Waals surface area contributed by atoms with Gasteiger partial charge in [-0.15, -0.1) is 0 Å². The minimum atomic E-state index is -0.206. The van der Waals surface area contributed by atoms with Crippen molar-refractivity contribution in [2.24, 2.45) is 5.73 Å².